The van der Waals surface area contributed by atoms with Gasteiger partial charge in [-0.25, -0.2) is 4.39 Å². The standard InChI is InChI=1S/C21H20F2O/c1-3-5-14-6-8-15(9-7-14)16-10-11-18-17(12-16)13-19(24-4-2)21(23)20(18)22/h6-13H,3-5H2,1-2H3. The van der Waals surface area contributed by atoms with Crippen LogP contribution in [0.15, 0.2) is 48.5 Å². The molecule has 3 aromatic rings. The maximum atomic E-state index is 14.2. The van der Waals surface area contributed by atoms with Gasteiger partial charge in [0.1, 0.15) is 0 Å². The van der Waals surface area contributed by atoms with Crippen molar-refractivity contribution in [3.05, 3.63) is 65.7 Å². The van der Waals surface area contributed by atoms with Gasteiger partial charge < -0.3 is 4.74 Å². The van der Waals surface area contributed by atoms with Gasteiger partial charge in [0.15, 0.2) is 11.6 Å². The Balaban J connectivity index is 2.05. The second-order valence-corrected chi connectivity index (χ2v) is 5.82. The predicted octanol–water partition coefficient (Wildman–Crippen LogP) is 6.14. The van der Waals surface area contributed by atoms with Gasteiger partial charge >= 0.3 is 0 Å². The zero-order valence-corrected chi connectivity index (χ0v) is 13.9. The Morgan fingerprint density at radius 2 is 1.54 bits per heavy atom. The first kappa shape index (κ1) is 16.4. The number of halogens is 2. The van der Waals surface area contributed by atoms with Gasteiger partial charge in [0.2, 0.25) is 5.82 Å². The summed E-state index contributed by atoms with van der Waals surface area (Å²) in [4.78, 5) is 0. The molecular weight excluding hydrogens is 306 g/mol. The van der Waals surface area contributed by atoms with Crippen LogP contribution in [0.1, 0.15) is 25.8 Å². The van der Waals surface area contributed by atoms with E-state index in [9.17, 15) is 8.78 Å². The molecule has 0 amide bonds. The highest BCUT2D eigenvalue weighted by Gasteiger charge is 2.15. The van der Waals surface area contributed by atoms with Crippen LogP contribution in [-0.4, -0.2) is 6.61 Å². The van der Waals surface area contributed by atoms with E-state index in [0.29, 0.717) is 12.0 Å². The lowest BCUT2D eigenvalue weighted by molar-refractivity contribution is 0.315. The van der Waals surface area contributed by atoms with Crippen molar-refractivity contribution < 1.29 is 13.5 Å². The second kappa shape index (κ2) is 7.00. The fraction of sp³-hybridized carbons (Fsp3) is 0.238. The van der Waals surface area contributed by atoms with Crippen LogP contribution in [0.25, 0.3) is 21.9 Å². The van der Waals surface area contributed by atoms with Gasteiger partial charge in [-0.1, -0.05) is 49.7 Å². The Hall–Kier alpha value is -2.42. The van der Waals surface area contributed by atoms with Gasteiger partial charge in [0, 0.05) is 5.39 Å². The van der Waals surface area contributed by atoms with Crippen LogP contribution in [0.5, 0.6) is 5.75 Å². The van der Waals surface area contributed by atoms with Crippen molar-refractivity contribution in [3.8, 4) is 16.9 Å². The third-order valence-corrected chi connectivity index (χ3v) is 4.11. The number of rotatable bonds is 5. The van der Waals surface area contributed by atoms with Gasteiger partial charge in [-0.3, -0.25) is 0 Å². The number of hydrogen-bond donors (Lipinski definition) is 0. The maximum absolute atomic E-state index is 14.2. The lowest BCUT2D eigenvalue weighted by Gasteiger charge is -2.10. The SMILES string of the molecule is CCCc1ccc(-c2ccc3c(F)c(F)c(OCC)cc3c2)cc1. The van der Waals surface area contributed by atoms with E-state index in [0.717, 1.165) is 24.0 Å². The van der Waals surface area contributed by atoms with Crippen LogP contribution in [-0.2, 0) is 6.42 Å². The Morgan fingerprint density at radius 1 is 0.833 bits per heavy atom. The Labute approximate surface area is 140 Å². The highest BCUT2D eigenvalue weighted by molar-refractivity contribution is 5.89. The molecule has 3 aromatic carbocycles. The molecule has 0 bridgehead atoms. The third kappa shape index (κ3) is 3.12. The van der Waals surface area contributed by atoms with E-state index in [-0.39, 0.29) is 11.1 Å². The first-order chi connectivity index (χ1) is 11.6. The predicted molar refractivity (Wildman–Crippen MR) is 94.5 cm³/mol. The van der Waals surface area contributed by atoms with E-state index < -0.39 is 11.6 Å². The zero-order valence-electron chi connectivity index (χ0n) is 13.9. The number of hydrogen-bond acceptors (Lipinski definition) is 1. The highest BCUT2D eigenvalue weighted by Crippen LogP contribution is 2.32. The van der Waals surface area contributed by atoms with E-state index in [1.54, 1.807) is 19.1 Å². The van der Waals surface area contributed by atoms with Crippen molar-refractivity contribution in [2.75, 3.05) is 6.61 Å². The van der Waals surface area contributed by atoms with Gasteiger partial charge in [-0.15, -0.1) is 0 Å². The monoisotopic (exact) mass is 326 g/mol. The maximum Gasteiger partial charge on any atom is 0.201 e. The normalized spacial score (nSPS) is 11.0. The van der Waals surface area contributed by atoms with Gasteiger partial charge in [-0.05, 0) is 47.6 Å². The molecule has 0 aliphatic rings. The molecule has 0 atom stereocenters. The molecule has 0 spiro atoms. The summed E-state index contributed by atoms with van der Waals surface area (Å²) in [5.41, 5.74) is 3.33. The van der Waals surface area contributed by atoms with Crippen LogP contribution in [0.4, 0.5) is 8.78 Å². The van der Waals surface area contributed by atoms with Crippen molar-refractivity contribution in [1.82, 2.24) is 0 Å². The summed E-state index contributed by atoms with van der Waals surface area (Å²) in [6.07, 6.45) is 2.17. The van der Waals surface area contributed by atoms with Gasteiger partial charge in [0.25, 0.3) is 0 Å². The van der Waals surface area contributed by atoms with Crippen molar-refractivity contribution in [2.24, 2.45) is 0 Å². The van der Waals surface area contributed by atoms with Crippen LogP contribution in [0.3, 0.4) is 0 Å². The molecule has 1 nitrogen and oxygen atoms in total. The molecular formula is C21H20F2O. The summed E-state index contributed by atoms with van der Waals surface area (Å²) in [5, 5.41) is 0.898. The minimum atomic E-state index is -0.930. The average molecular weight is 326 g/mol. The molecule has 0 N–H and O–H groups in total. The molecule has 0 aliphatic heterocycles. The van der Waals surface area contributed by atoms with Gasteiger partial charge in [-0.2, -0.15) is 4.39 Å². The molecule has 3 rings (SSSR count). The largest absolute Gasteiger partial charge is 0.491 e. The molecule has 24 heavy (non-hydrogen) atoms. The van der Waals surface area contributed by atoms with Crippen LogP contribution in [0, 0.1) is 11.6 Å². The van der Waals surface area contributed by atoms with Crippen LogP contribution in [0.2, 0.25) is 0 Å². The van der Waals surface area contributed by atoms with Crippen molar-refractivity contribution in [2.45, 2.75) is 26.7 Å². The molecule has 0 aliphatic carbocycles. The molecule has 0 saturated carbocycles. The highest BCUT2D eigenvalue weighted by atomic mass is 19.2. The smallest absolute Gasteiger partial charge is 0.201 e. The summed E-state index contributed by atoms with van der Waals surface area (Å²) >= 11 is 0. The fourth-order valence-corrected chi connectivity index (χ4v) is 2.91. The number of aryl methyl sites for hydroxylation is 1. The molecule has 0 fully saturated rings. The van der Waals surface area contributed by atoms with E-state index in [2.05, 4.69) is 31.2 Å². The Bertz CT molecular complexity index is 854. The average Bonchev–Trinajstić information content (AvgIpc) is 2.60. The number of benzene rings is 3. The summed E-state index contributed by atoms with van der Waals surface area (Å²) in [7, 11) is 0. The van der Waals surface area contributed by atoms with E-state index in [1.807, 2.05) is 12.1 Å². The number of ether oxygens (including phenoxy) is 1. The quantitative estimate of drug-likeness (QED) is 0.547. The second-order valence-electron chi connectivity index (χ2n) is 5.82. The van der Waals surface area contributed by atoms with Crippen LogP contribution >= 0.6 is 0 Å². The van der Waals surface area contributed by atoms with Crippen molar-refractivity contribution >= 4 is 10.8 Å². The van der Waals surface area contributed by atoms with E-state index in [4.69, 9.17) is 4.74 Å². The van der Waals surface area contributed by atoms with Crippen LogP contribution < -0.4 is 4.74 Å². The minimum absolute atomic E-state index is 0.0436. The summed E-state index contributed by atoms with van der Waals surface area (Å²) in [5.74, 6) is -1.83. The van der Waals surface area contributed by atoms with E-state index >= 15 is 0 Å². The molecule has 0 aromatic heterocycles. The summed E-state index contributed by atoms with van der Waals surface area (Å²) in [6, 6.07) is 15.2. The molecule has 0 unspecified atom stereocenters. The molecule has 3 heteroatoms. The number of fused-ring (bicyclic) bond motifs is 1. The van der Waals surface area contributed by atoms with E-state index in [1.165, 1.54) is 5.56 Å². The van der Waals surface area contributed by atoms with Crippen molar-refractivity contribution in [3.63, 3.8) is 0 Å². The summed E-state index contributed by atoms with van der Waals surface area (Å²) < 4.78 is 33.4. The molecule has 0 saturated heterocycles. The lowest BCUT2D eigenvalue weighted by atomic mass is 9.99. The van der Waals surface area contributed by atoms with Gasteiger partial charge in [0.05, 0.1) is 6.61 Å². The topological polar surface area (TPSA) is 9.23 Å². The Kier molecular flexibility index (Phi) is 4.79. The Morgan fingerprint density at radius 3 is 2.21 bits per heavy atom. The van der Waals surface area contributed by atoms with Crippen molar-refractivity contribution in [1.29, 1.82) is 0 Å². The lowest BCUT2D eigenvalue weighted by Crippen LogP contribution is -1.98. The zero-order chi connectivity index (χ0) is 17.1. The minimum Gasteiger partial charge on any atom is -0.491 e. The first-order valence-electron chi connectivity index (χ1n) is 8.28. The molecule has 0 heterocycles. The summed E-state index contributed by atoms with van der Waals surface area (Å²) in [6.45, 7) is 4.19. The third-order valence-electron chi connectivity index (χ3n) is 4.11. The first-order valence-corrected chi connectivity index (χ1v) is 8.28. The fourth-order valence-electron chi connectivity index (χ4n) is 2.91. The molecule has 124 valence electrons. The molecule has 0 radical (unpaired) electrons.